The van der Waals surface area contributed by atoms with E-state index in [0.717, 1.165) is 42.4 Å². The first-order chi connectivity index (χ1) is 13.8. The van der Waals surface area contributed by atoms with Gasteiger partial charge in [-0.15, -0.1) is 0 Å². The van der Waals surface area contributed by atoms with Crippen molar-refractivity contribution >= 4 is 12.3 Å². The van der Waals surface area contributed by atoms with Crippen molar-refractivity contribution in [1.29, 1.82) is 0 Å². The van der Waals surface area contributed by atoms with Gasteiger partial charge in [0.2, 0.25) is 0 Å². The van der Waals surface area contributed by atoms with Gasteiger partial charge in [0, 0.05) is 6.42 Å². The lowest BCUT2D eigenvalue weighted by Crippen LogP contribution is -2.50. The maximum Gasteiger partial charge on any atom is 0.290 e. The highest BCUT2D eigenvalue weighted by atomic mass is 16.3. The first-order valence-electron chi connectivity index (χ1n) is 12.1. The van der Waals surface area contributed by atoms with E-state index in [9.17, 15) is 4.79 Å². The molecule has 29 heavy (non-hydrogen) atoms. The van der Waals surface area contributed by atoms with Crippen LogP contribution >= 0.6 is 0 Å². The predicted octanol–water partition coefficient (Wildman–Crippen LogP) is 6.66. The standard InChI is InChI=1S/C25H40O.CH2O2/c1-5-6-7-17(2)21-10-11-22-20-9-8-18-16-19(26)12-14-24(18,3)23(20)13-15-25(21,22)4;2-1-3/h16-17,20-23H,5-15H2,1-4H3;1H,(H,2,3). The maximum atomic E-state index is 12.0. The zero-order valence-corrected chi connectivity index (χ0v) is 19.1. The molecule has 1 N–H and O–H groups in total. The van der Waals surface area contributed by atoms with Gasteiger partial charge in [0.1, 0.15) is 0 Å². The van der Waals surface area contributed by atoms with Crippen LogP contribution in [0.2, 0.25) is 0 Å². The molecule has 7 unspecified atom stereocenters. The summed E-state index contributed by atoms with van der Waals surface area (Å²) in [5.74, 6) is 4.97. The number of unbranched alkanes of at least 4 members (excludes halogenated alkanes) is 1. The summed E-state index contributed by atoms with van der Waals surface area (Å²) in [7, 11) is 0. The molecule has 3 saturated carbocycles. The highest BCUT2D eigenvalue weighted by Gasteiger charge is 2.59. The fourth-order valence-electron chi connectivity index (χ4n) is 8.26. The Hall–Kier alpha value is -1.12. The largest absolute Gasteiger partial charge is 0.483 e. The molecule has 0 aromatic heterocycles. The summed E-state index contributed by atoms with van der Waals surface area (Å²) in [5, 5.41) is 6.89. The summed E-state index contributed by atoms with van der Waals surface area (Å²) >= 11 is 0. The fraction of sp³-hybridized carbons (Fsp3) is 0.846. The quantitative estimate of drug-likeness (QED) is 0.535. The average Bonchev–Trinajstić information content (AvgIpc) is 3.04. The molecule has 4 rings (SSSR count). The van der Waals surface area contributed by atoms with Crippen molar-refractivity contribution in [3.63, 3.8) is 0 Å². The molecule has 0 spiro atoms. The Labute approximate surface area is 177 Å². The van der Waals surface area contributed by atoms with Gasteiger partial charge in [-0.3, -0.25) is 9.59 Å². The van der Waals surface area contributed by atoms with E-state index >= 15 is 0 Å². The lowest BCUT2D eigenvalue weighted by atomic mass is 9.46. The topological polar surface area (TPSA) is 54.4 Å². The van der Waals surface area contributed by atoms with E-state index in [4.69, 9.17) is 9.90 Å². The van der Waals surface area contributed by atoms with Gasteiger partial charge < -0.3 is 5.11 Å². The minimum atomic E-state index is -0.250. The van der Waals surface area contributed by atoms with Crippen LogP contribution in [0.15, 0.2) is 11.6 Å². The number of allylic oxidation sites excluding steroid dienone is 1. The number of carbonyl (C=O) groups excluding carboxylic acids is 1. The zero-order chi connectivity index (χ0) is 21.2. The third-order valence-corrected chi connectivity index (χ3v) is 9.74. The van der Waals surface area contributed by atoms with E-state index in [2.05, 4.69) is 33.8 Å². The maximum absolute atomic E-state index is 12.0. The minimum absolute atomic E-state index is 0.250. The summed E-state index contributed by atoms with van der Waals surface area (Å²) in [6.07, 6.45) is 16.5. The highest BCUT2D eigenvalue weighted by molar-refractivity contribution is 5.91. The van der Waals surface area contributed by atoms with Crippen LogP contribution in [-0.4, -0.2) is 17.4 Å². The Morgan fingerprint density at radius 1 is 1.14 bits per heavy atom. The van der Waals surface area contributed by atoms with Gasteiger partial charge >= 0.3 is 0 Å². The van der Waals surface area contributed by atoms with Crippen molar-refractivity contribution < 1.29 is 14.7 Å². The van der Waals surface area contributed by atoms with E-state index in [1.54, 1.807) is 0 Å². The Morgan fingerprint density at radius 2 is 1.86 bits per heavy atom. The number of hydrogen-bond acceptors (Lipinski definition) is 2. The van der Waals surface area contributed by atoms with Crippen LogP contribution in [0.4, 0.5) is 0 Å². The molecule has 0 aliphatic heterocycles. The number of carbonyl (C=O) groups is 2. The number of carboxylic acid groups (broad SMARTS) is 1. The van der Waals surface area contributed by atoms with Crippen molar-refractivity contribution in [1.82, 2.24) is 0 Å². The van der Waals surface area contributed by atoms with Gasteiger partial charge in [-0.1, -0.05) is 52.5 Å². The Kier molecular flexibility index (Phi) is 6.95. The third kappa shape index (κ3) is 3.95. The first-order valence-corrected chi connectivity index (χ1v) is 12.1. The van der Waals surface area contributed by atoms with Gasteiger partial charge in [0.15, 0.2) is 5.78 Å². The third-order valence-electron chi connectivity index (χ3n) is 9.74. The summed E-state index contributed by atoms with van der Waals surface area (Å²) in [4.78, 5) is 20.3. The highest BCUT2D eigenvalue weighted by Crippen LogP contribution is 2.67. The number of hydrogen-bond donors (Lipinski definition) is 1. The molecular weight excluding hydrogens is 360 g/mol. The van der Waals surface area contributed by atoms with Gasteiger partial charge in [0.25, 0.3) is 6.47 Å². The van der Waals surface area contributed by atoms with Crippen LogP contribution < -0.4 is 0 Å². The normalized spacial score (nSPS) is 41.8. The smallest absolute Gasteiger partial charge is 0.290 e. The van der Waals surface area contributed by atoms with Gasteiger partial charge in [-0.2, -0.15) is 0 Å². The predicted molar refractivity (Wildman–Crippen MR) is 118 cm³/mol. The lowest BCUT2D eigenvalue weighted by molar-refractivity contribution is -0.123. The molecule has 0 saturated heterocycles. The van der Waals surface area contributed by atoms with Crippen LogP contribution in [0.5, 0.6) is 0 Å². The number of fused-ring (bicyclic) bond motifs is 5. The van der Waals surface area contributed by atoms with Gasteiger partial charge in [0.05, 0.1) is 0 Å². The Balaban J connectivity index is 0.000000755. The lowest BCUT2D eigenvalue weighted by Gasteiger charge is -2.58. The molecule has 0 amide bonds. The number of rotatable bonds is 4. The van der Waals surface area contributed by atoms with E-state index < -0.39 is 0 Å². The molecule has 7 atom stereocenters. The van der Waals surface area contributed by atoms with Crippen LogP contribution in [0, 0.1) is 40.4 Å². The van der Waals surface area contributed by atoms with Crippen LogP contribution in [0.1, 0.15) is 98.3 Å². The molecule has 0 heterocycles. The van der Waals surface area contributed by atoms with Gasteiger partial charge in [-0.05, 0) is 91.4 Å². The van der Waals surface area contributed by atoms with Crippen molar-refractivity contribution in [2.24, 2.45) is 40.4 Å². The molecule has 3 heteroatoms. The molecule has 4 aliphatic rings. The summed E-state index contributed by atoms with van der Waals surface area (Å²) in [6, 6.07) is 0. The van der Waals surface area contributed by atoms with E-state index in [-0.39, 0.29) is 6.47 Å². The average molecular weight is 403 g/mol. The second kappa shape index (κ2) is 8.94. The van der Waals surface area contributed by atoms with Crippen molar-refractivity contribution in [3.8, 4) is 0 Å². The molecular formula is C26H42O3. The molecule has 0 radical (unpaired) electrons. The first kappa shape index (κ1) is 22.6. The second-order valence-electron chi connectivity index (χ2n) is 10.9. The van der Waals surface area contributed by atoms with Crippen molar-refractivity contribution in [3.05, 3.63) is 11.6 Å². The minimum Gasteiger partial charge on any atom is -0.483 e. The second-order valence-corrected chi connectivity index (χ2v) is 10.9. The van der Waals surface area contributed by atoms with E-state index in [1.165, 1.54) is 63.4 Å². The van der Waals surface area contributed by atoms with Crippen LogP contribution in [0.3, 0.4) is 0 Å². The summed E-state index contributed by atoms with van der Waals surface area (Å²) in [5.41, 5.74) is 2.45. The zero-order valence-electron chi connectivity index (χ0n) is 19.1. The molecule has 0 aromatic rings. The summed E-state index contributed by atoms with van der Waals surface area (Å²) < 4.78 is 0. The van der Waals surface area contributed by atoms with Crippen LogP contribution in [-0.2, 0) is 9.59 Å². The van der Waals surface area contributed by atoms with Gasteiger partial charge in [-0.25, -0.2) is 0 Å². The molecule has 4 aliphatic carbocycles. The number of ketones is 1. The molecule has 164 valence electrons. The Morgan fingerprint density at radius 3 is 2.55 bits per heavy atom. The Bertz CT molecular complexity index is 638. The molecule has 0 aromatic carbocycles. The van der Waals surface area contributed by atoms with Crippen molar-refractivity contribution in [2.75, 3.05) is 0 Å². The van der Waals surface area contributed by atoms with E-state index in [0.29, 0.717) is 16.6 Å². The van der Waals surface area contributed by atoms with E-state index in [1.807, 2.05) is 0 Å². The molecule has 3 fully saturated rings. The fourth-order valence-corrected chi connectivity index (χ4v) is 8.26. The monoisotopic (exact) mass is 402 g/mol. The summed E-state index contributed by atoms with van der Waals surface area (Å²) in [6.45, 7) is 9.82. The molecule has 3 nitrogen and oxygen atoms in total. The molecule has 0 bridgehead atoms. The SMILES string of the molecule is CCCCC(C)C1CCC2C3CCC4=CC(=O)CCC4(C)C3CCC12C.O=CO. The van der Waals surface area contributed by atoms with Crippen molar-refractivity contribution in [2.45, 2.75) is 98.3 Å². The van der Waals surface area contributed by atoms with Crippen LogP contribution in [0.25, 0.3) is 0 Å².